The van der Waals surface area contributed by atoms with Crippen molar-refractivity contribution in [3.63, 3.8) is 0 Å². The van der Waals surface area contributed by atoms with Gasteiger partial charge in [0.15, 0.2) is 0 Å². The first-order chi connectivity index (χ1) is 8.72. The average molecular weight is 240 g/mol. The normalized spacial score (nSPS) is 16.8. The molecule has 2 N–H and O–H groups in total. The van der Waals surface area contributed by atoms with E-state index in [0.717, 1.165) is 25.9 Å². The van der Waals surface area contributed by atoms with Crippen molar-refractivity contribution in [3.05, 3.63) is 42.5 Å². The molecule has 0 saturated heterocycles. The van der Waals surface area contributed by atoms with Crippen molar-refractivity contribution in [1.82, 2.24) is 0 Å². The highest BCUT2D eigenvalue weighted by Crippen LogP contribution is 2.35. The number of fused-ring (bicyclic) bond motifs is 1. The third-order valence-electron chi connectivity index (χ3n) is 3.89. The molecule has 0 unspecified atom stereocenters. The number of nitrogens with two attached hydrogens (primary N) is 1. The van der Waals surface area contributed by atoms with Gasteiger partial charge in [-0.1, -0.05) is 36.4 Å². The van der Waals surface area contributed by atoms with Crippen molar-refractivity contribution in [2.45, 2.75) is 25.3 Å². The molecule has 1 aliphatic carbocycles. The number of anilines is 1. The summed E-state index contributed by atoms with van der Waals surface area (Å²) in [6.45, 7) is 4.18. The van der Waals surface area contributed by atoms with E-state index in [1.165, 1.54) is 16.5 Å². The molecule has 3 rings (SSSR count). The number of hydrogen-bond acceptors (Lipinski definition) is 2. The predicted molar refractivity (Wildman–Crippen MR) is 78.0 cm³/mol. The third-order valence-corrected chi connectivity index (χ3v) is 3.89. The molecule has 2 heteroatoms. The highest BCUT2D eigenvalue weighted by molar-refractivity contribution is 5.94. The zero-order valence-corrected chi connectivity index (χ0v) is 10.9. The average Bonchev–Trinajstić information content (AvgIpc) is 3.14. The summed E-state index contributed by atoms with van der Waals surface area (Å²) in [5.74, 6) is 0. The van der Waals surface area contributed by atoms with Crippen LogP contribution >= 0.6 is 0 Å². The fourth-order valence-electron chi connectivity index (χ4n) is 2.55. The molecule has 18 heavy (non-hydrogen) atoms. The van der Waals surface area contributed by atoms with E-state index in [9.17, 15) is 0 Å². The molecule has 0 radical (unpaired) electrons. The summed E-state index contributed by atoms with van der Waals surface area (Å²) in [6.07, 6.45) is 2.32. The van der Waals surface area contributed by atoms with Crippen LogP contribution in [0.1, 0.15) is 19.8 Å². The lowest BCUT2D eigenvalue weighted by Crippen LogP contribution is -2.39. The third kappa shape index (κ3) is 2.08. The summed E-state index contributed by atoms with van der Waals surface area (Å²) < 4.78 is 0. The maximum absolute atomic E-state index is 6.26. The van der Waals surface area contributed by atoms with Crippen LogP contribution in [-0.2, 0) is 0 Å². The predicted octanol–water partition coefficient (Wildman–Crippen LogP) is 3.16. The molecule has 2 aromatic carbocycles. The Labute approximate surface area is 108 Å². The van der Waals surface area contributed by atoms with Crippen molar-refractivity contribution in [1.29, 1.82) is 0 Å². The summed E-state index contributed by atoms with van der Waals surface area (Å²) in [7, 11) is 0. The van der Waals surface area contributed by atoms with Crippen LogP contribution in [0.25, 0.3) is 10.8 Å². The maximum Gasteiger partial charge on any atom is 0.0446 e. The molecule has 0 heterocycles. The van der Waals surface area contributed by atoms with Crippen LogP contribution in [-0.4, -0.2) is 18.6 Å². The quantitative estimate of drug-likeness (QED) is 0.889. The lowest BCUT2D eigenvalue weighted by molar-refractivity contribution is 0.640. The van der Waals surface area contributed by atoms with Gasteiger partial charge in [0.05, 0.1) is 0 Å². The Bertz CT molecular complexity index is 553. The largest absolute Gasteiger partial charge is 0.369 e. The van der Waals surface area contributed by atoms with Gasteiger partial charge in [-0.05, 0) is 31.2 Å². The minimum absolute atomic E-state index is 0.0625. The van der Waals surface area contributed by atoms with Crippen molar-refractivity contribution >= 4 is 16.5 Å². The zero-order chi connectivity index (χ0) is 12.6. The summed E-state index contributed by atoms with van der Waals surface area (Å²) in [5, 5.41) is 2.63. The van der Waals surface area contributed by atoms with Crippen molar-refractivity contribution in [3.8, 4) is 0 Å². The molecule has 94 valence electrons. The summed E-state index contributed by atoms with van der Waals surface area (Å²) in [5.41, 5.74) is 7.64. The summed E-state index contributed by atoms with van der Waals surface area (Å²) in [6, 6.07) is 15.1. The molecule has 0 aromatic heterocycles. The molecular formula is C16H20N2. The highest BCUT2D eigenvalue weighted by Gasteiger charge is 2.39. The molecule has 0 spiro atoms. The first kappa shape index (κ1) is 11.5. The Kier molecular flexibility index (Phi) is 2.75. The van der Waals surface area contributed by atoms with Crippen LogP contribution in [0.15, 0.2) is 42.5 Å². The monoisotopic (exact) mass is 240 g/mol. The summed E-state index contributed by atoms with van der Waals surface area (Å²) >= 11 is 0. The molecule has 0 amide bonds. The number of benzene rings is 2. The van der Waals surface area contributed by atoms with Gasteiger partial charge in [0.1, 0.15) is 0 Å². The number of likely N-dealkylation sites (N-methyl/N-ethyl adjacent to an activating group) is 1. The van der Waals surface area contributed by atoms with Crippen molar-refractivity contribution in [2.75, 3.05) is 18.0 Å². The van der Waals surface area contributed by atoms with Gasteiger partial charge >= 0.3 is 0 Å². The van der Waals surface area contributed by atoms with E-state index >= 15 is 0 Å². The van der Waals surface area contributed by atoms with Crippen LogP contribution in [0.4, 0.5) is 5.69 Å². The number of nitrogens with zero attached hydrogens (tertiary/aromatic N) is 1. The van der Waals surface area contributed by atoms with E-state index in [4.69, 9.17) is 5.73 Å². The highest BCUT2D eigenvalue weighted by atomic mass is 15.2. The second-order valence-corrected chi connectivity index (χ2v) is 5.37. The fourth-order valence-corrected chi connectivity index (χ4v) is 2.55. The smallest absolute Gasteiger partial charge is 0.0446 e. The van der Waals surface area contributed by atoms with Gasteiger partial charge in [-0.15, -0.1) is 0 Å². The van der Waals surface area contributed by atoms with E-state index in [-0.39, 0.29) is 5.54 Å². The van der Waals surface area contributed by atoms with E-state index in [1.54, 1.807) is 0 Å². The molecule has 2 nitrogen and oxygen atoms in total. The molecular weight excluding hydrogens is 220 g/mol. The van der Waals surface area contributed by atoms with Crippen molar-refractivity contribution < 1.29 is 0 Å². The van der Waals surface area contributed by atoms with Gasteiger partial charge in [0.25, 0.3) is 0 Å². The minimum atomic E-state index is 0.0625. The Morgan fingerprint density at radius 3 is 2.56 bits per heavy atom. The van der Waals surface area contributed by atoms with Gasteiger partial charge in [-0.2, -0.15) is 0 Å². The lowest BCUT2D eigenvalue weighted by atomic mass is 10.1. The maximum atomic E-state index is 6.26. The standard InChI is InChI=1S/C16H20N2/c1-2-18(12-16(17)10-11-16)15-9-5-7-13-6-3-4-8-14(13)15/h3-9H,2,10-12,17H2,1H3. The van der Waals surface area contributed by atoms with E-state index < -0.39 is 0 Å². The Morgan fingerprint density at radius 1 is 1.11 bits per heavy atom. The van der Waals surface area contributed by atoms with Gasteiger partial charge in [-0.3, -0.25) is 0 Å². The van der Waals surface area contributed by atoms with E-state index in [2.05, 4.69) is 54.3 Å². The van der Waals surface area contributed by atoms with Crippen LogP contribution in [0.3, 0.4) is 0 Å². The molecule has 1 aliphatic rings. The summed E-state index contributed by atoms with van der Waals surface area (Å²) in [4.78, 5) is 2.41. The van der Waals surface area contributed by atoms with E-state index in [1.807, 2.05) is 0 Å². The Morgan fingerprint density at radius 2 is 1.83 bits per heavy atom. The zero-order valence-electron chi connectivity index (χ0n) is 10.9. The first-order valence-electron chi connectivity index (χ1n) is 6.73. The molecule has 2 aromatic rings. The van der Waals surface area contributed by atoms with Crippen LogP contribution in [0, 0.1) is 0 Å². The second-order valence-electron chi connectivity index (χ2n) is 5.37. The lowest BCUT2D eigenvalue weighted by Gasteiger charge is -2.27. The van der Waals surface area contributed by atoms with Gasteiger partial charge in [0.2, 0.25) is 0 Å². The number of rotatable bonds is 4. The molecule has 0 atom stereocenters. The van der Waals surface area contributed by atoms with Gasteiger partial charge < -0.3 is 10.6 Å². The Balaban J connectivity index is 2.00. The molecule has 1 saturated carbocycles. The fraction of sp³-hybridized carbons (Fsp3) is 0.375. The van der Waals surface area contributed by atoms with E-state index in [0.29, 0.717) is 0 Å². The number of hydrogen-bond donors (Lipinski definition) is 1. The van der Waals surface area contributed by atoms with Crippen LogP contribution in [0.2, 0.25) is 0 Å². The topological polar surface area (TPSA) is 29.3 Å². The SMILES string of the molecule is CCN(CC1(N)CC1)c1cccc2ccccc12. The Hall–Kier alpha value is -1.54. The molecule has 1 fully saturated rings. The van der Waals surface area contributed by atoms with Gasteiger partial charge in [-0.25, -0.2) is 0 Å². The first-order valence-corrected chi connectivity index (χ1v) is 6.73. The molecule has 0 aliphatic heterocycles. The molecule has 0 bridgehead atoms. The minimum Gasteiger partial charge on any atom is -0.369 e. The second kappa shape index (κ2) is 4.29. The van der Waals surface area contributed by atoms with Crippen LogP contribution in [0.5, 0.6) is 0 Å². The van der Waals surface area contributed by atoms with Gasteiger partial charge in [0, 0.05) is 29.7 Å². The van der Waals surface area contributed by atoms with Crippen LogP contribution < -0.4 is 10.6 Å². The van der Waals surface area contributed by atoms with Crippen molar-refractivity contribution in [2.24, 2.45) is 5.73 Å².